The smallest absolute Gasteiger partial charge is 0.298 e. The topological polar surface area (TPSA) is 119 Å². The zero-order valence-corrected chi connectivity index (χ0v) is 8.11. The van der Waals surface area contributed by atoms with Crippen molar-refractivity contribution in [1.29, 1.82) is 0 Å². The molecule has 0 spiro atoms. The van der Waals surface area contributed by atoms with Crippen molar-refractivity contribution in [2.75, 3.05) is 5.73 Å². The number of halogens is 3. The molecule has 0 aliphatic rings. The number of nitrogens with two attached hydrogens (primary N) is 1. The van der Waals surface area contributed by atoms with Gasteiger partial charge in [0.25, 0.3) is 5.69 Å². The maximum absolute atomic E-state index is 12.8. The molecule has 3 N–H and O–H groups in total. The summed E-state index contributed by atoms with van der Waals surface area (Å²) in [6.07, 6.45) is 0. The fourth-order valence-electron chi connectivity index (χ4n) is 0.748. The number of anilines is 1. The molecule has 7 nitrogen and oxygen atoms in total. The van der Waals surface area contributed by atoms with Gasteiger partial charge >= 0.3 is 0 Å². The lowest BCUT2D eigenvalue weighted by molar-refractivity contribution is -0.384. The summed E-state index contributed by atoms with van der Waals surface area (Å²) in [5.41, 5.74) is 3.38. The van der Waals surface area contributed by atoms with Gasteiger partial charge in [0, 0.05) is 0 Å². The van der Waals surface area contributed by atoms with Gasteiger partial charge in [0.05, 0.1) is 11.0 Å². The van der Waals surface area contributed by atoms with E-state index in [1.807, 2.05) is 0 Å². The summed E-state index contributed by atoms with van der Waals surface area (Å²) >= 11 is 5.11. The van der Waals surface area contributed by atoms with Gasteiger partial charge in [-0.05, 0) is 0 Å². The van der Waals surface area contributed by atoms with E-state index in [0.29, 0.717) is 6.07 Å². The van der Waals surface area contributed by atoms with Gasteiger partial charge < -0.3 is 10.9 Å². The van der Waals surface area contributed by atoms with Crippen LogP contribution in [-0.4, -0.2) is 10.1 Å². The second-order valence-electron chi connectivity index (χ2n) is 2.26. The molecule has 0 heterocycles. The molecule has 0 saturated heterocycles. The summed E-state index contributed by atoms with van der Waals surface area (Å²) in [5, 5.41) is 17.2. The fourth-order valence-corrected chi connectivity index (χ4v) is 0.904. The van der Waals surface area contributed by atoms with E-state index in [1.54, 1.807) is 0 Å². The van der Waals surface area contributed by atoms with Crippen molar-refractivity contribution < 1.29 is 18.9 Å². The van der Waals surface area contributed by atoms with Crippen LogP contribution in [0.2, 0.25) is 5.02 Å². The lowest BCUT2D eigenvalue weighted by Crippen LogP contribution is -2.00. The van der Waals surface area contributed by atoms with Crippen molar-refractivity contribution in [2.24, 2.45) is 5.34 Å². The van der Waals surface area contributed by atoms with Crippen molar-refractivity contribution in [3.8, 4) is 0 Å². The standard InChI is InChI=1S/C6H3ClF2N2O2.HNO2/c7-4-2(8)1-3(11(12)13)6(10)5(4)9;2-1-3/h1H,10H2;(H,2,3). The minimum absolute atomic E-state index is 0.473. The first-order chi connectivity index (χ1) is 7.36. The number of rotatable bonds is 1. The molecular formula is C6H4ClF2N3O4. The molecule has 1 rings (SSSR count). The third kappa shape index (κ3) is 2.98. The minimum atomic E-state index is -1.31. The molecule has 1 aromatic carbocycles. The Bertz CT molecular complexity index is 429. The maximum Gasteiger partial charge on any atom is 0.298 e. The van der Waals surface area contributed by atoms with E-state index in [-0.39, 0.29) is 0 Å². The van der Waals surface area contributed by atoms with Crippen LogP contribution in [0.1, 0.15) is 0 Å². The molecule has 0 bridgehead atoms. The van der Waals surface area contributed by atoms with Crippen LogP contribution in [0.25, 0.3) is 0 Å². The Morgan fingerprint density at radius 3 is 2.38 bits per heavy atom. The predicted octanol–water partition coefficient (Wildman–Crippen LogP) is 2.25. The molecule has 0 radical (unpaired) electrons. The van der Waals surface area contributed by atoms with E-state index < -0.39 is 33.0 Å². The van der Waals surface area contributed by atoms with Crippen molar-refractivity contribution in [2.45, 2.75) is 0 Å². The van der Waals surface area contributed by atoms with Crippen LogP contribution in [0, 0.1) is 26.7 Å². The number of nitro groups is 1. The number of benzene rings is 1. The highest BCUT2D eigenvalue weighted by Crippen LogP contribution is 2.31. The van der Waals surface area contributed by atoms with Crippen molar-refractivity contribution in [1.82, 2.24) is 0 Å². The predicted molar refractivity (Wildman–Crippen MR) is 50.0 cm³/mol. The van der Waals surface area contributed by atoms with E-state index in [4.69, 9.17) is 27.4 Å². The van der Waals surface area contributed by atoms with Crippen LogP contribution < -0.4 is 5.73 Å². The Labute approximate surface area is 91.5 Å². The molecule has 0 aromatic heterocycles. The van der Waals surface area contributed by atoms with E-state index in [1.165, 1.54) is 5.34 Å². The molecule has 88 valence electrons. The first-order valence-corrected chi connectivity index (χ1v) is 3.78. The molecule has 0 fully saturated rings. The molecule has 0 unspecified atom stereocenters. The van der Waals surface area contributed by atoms with Gasteiger partial charge in [0.2, 0.25) is 0 Å². The summed E-state index contributed by atoms with van der Waals surface area (Å²) in [5.74, 6) is -2.52. The molecule has 0 amide bonds. The number of hydrogen-bond acceptors (Lipinski definition) is 5. The van der Waals surface area contributed by atoms with Gasteiger partial charge in [0.1, 0.15) is 10.7 Å². The lowest BCUT2D eigenvalue weighted by atomic mass is 10.2. The molecule has 0 aliphatic heterocycles. The highest BCUT2D eigenvalue weighted by molar-refractivity contribution is 6.31. The number of nitrogen functional groups attached to an aromatic ring is 1. The first kappa shape index (κ1) is 14.0. The van der Waals surface area contributed by atoms with E-state index in [0.717, 1.165) is 0 Å². The second-order valence-corrected chi connectivity index (χ2v) is 2.64. The maximum atomic E-state index is 12.8. The van der Waals surface area contributed by atoms with Gasteiger partial charge in [0.15, 0.2) is 17.0 Å². The zero-order valence-electron chi connectivity index (χ0n) is 7.35. The SMILES string of the molecule is Nc1c([N+](=O)[O-])cc(F)c(Cl)c1F.O=NO. The molecule has 0 aliphatic carbocycles. The lowest BCUT2D eigenvalue weighted by Gasteiger charge is -2.01. The highest BCUT2D eigenvalue weighted by Gasteiger charge is 2.21. The Morgan fingerprint density at radius 1 is 1.56 bits per heavy atom. The van der Waals surface area contributed by atoms with Gasteiger partial charge in [-0.3, -0.25) is 10.1 Å². The summed E-state index contributed by atoms with van der Waals surface area (Å²) in [6, 6.07) is 0.473. The Balaban J connectivity index is 0.000000673. The zero-order chi connectivity index (χ0) is 12.9. The average Bonchev–Trinajstić information content (AvgIpc) is 2.21. The van der Waals surface area contributed by atoms with Crippen LogP contribution >= 0.6 is 11.6 Å². The minimum Gasteiger partial charge on any atom is -0.391 e. The quantitative estimate of drug-likeness (QED) is 0.262. The Kier molecular flexibility index (Phi) is 5.02. The number of nitro benzene ring substituents is 1. The average molecular weight is 256 g/mol. The van der Waals surface area contributed by atoms with Crippen LogP contribution in [0.3, 0.4) is 0 Å². The second kappa shape index (κ2) is 5.75. The molecule has 0 atom stereocenters. The van der Waals surface area contributed by atoms with Crippen molar-refractivity contribution in [3.63, 3.8) is 0 Å². The van der Waals surface area contributed by atoms with Crippen LogP contribution in [0.4, 0.5) is 20.2 Å². The number of nitrogens with zero attached hydrogens (tertiary/aromatic N) is 2. The van der Waals surface area contributed by atoms with Gasteiger partial charge in [-0.1, -0.05) is 11.6 Å². The van der Waals surface area contributed by atoms with Gasteiger partial charge in [-0.25, -0.2) is 8.78 Å². The van der Waals surface area contributed by atoms with Gasteiger partial charge in [-0.2, -0.15) is 0 Å². The normalized spacial score (nSPS) is 8.94. The van der Waals surface area contributed by atoms with E-state index >= 15 is 0 Å². The first-order valence-electron chi connectivity index (χ1n) is 3.40. The fraction of sp³-hybridized carbons (Fsp3) is 0. The molecule has 1 aromatic rings. The van der Waals surface area contributed by atoms with Crippen LogP contribution in [-0.2, 0) is 0 Å². The van der Waals surface area contributed by atoms with Gasteiger partial charge in [-0.15, -0.1) is 4.91 Å². The third-order valence-corrected chi connectivity index (χ3v) is 1.72. The third-order valence-electron chi connectivity index (χ3n) is 1.37. The summed E-state index contributed by atoms with van der Waals surface area (Å²) in [7, 11) is 0. The molecule has 16 heavy (non-hydrogen) atoms. The summed E-state index contributed by atoms with van der Waals surface area (Å²) < 4.78 is 25.5. The van der Waals surface area contributed by atoms with E-state index in [2.05, 4.69) is 0 Å². The summed E-state index contributed by atoms with van der Waals surface area (Å²) in [4.78, 5) is 17.3. The molecular weight excluding hydrogens is 252 g/mol. The highest BCUT2D eigenvalue weighted by atomic mass is 35.5. The Hall–Kier alpha value is -2.03. The van der Waals surface area contributed by atoms with Crippen molar-refractivity contribution >= 4 is 23.0 Å². The number of hydrogen-bond donors (Lipinski definition) is 2. The van der Waals surface area contributed by atoms with E-state index in [9.17, 15) is 18.9 Å². The molecule has 0 saturated carbocycles. The molecule has 10 heteroatoms. The largest absolute Gasteiger partial charge is 0.391 e. The summed E-state index contributed by atoms with van der Waals surface area (Å²) in [6.45, 7) is 0. The Morgan fingerprint density at radius 2 is 2.00 bits per heavy atom. The van der Waals surface area contributed by atoms with Crippen molar-refractivity contribution in [3.05, 3.63) is 37.7 Å². The monoisotopic (exact) mass is 255 g/mol. The van der Waals surface area contributed by atoms with Crippen LogP contribution in [0.5, 0.6) is 0 Å². The van der Waals surface area contributed by atoms with Crippen LogP contribution in [0.15, 0.2) is 11.4 Å².